The van der Waals surface area contributed by atoms with Crippen LogP contribution >= 0.6 is 0 Å². The lowest BCUT2D eigenvalue weighted by molar-refractivity contribution is -0.148. The minimum Gasteiger partial charge on any atom is -0.487 e. The molecule has 1 rings (SSSR count). The number of ether oxygens (including phenoxy) is 1. The Bertz CT molecular complexity index is 360. The molecule has 3 nitrogen and oxygen atoms in total. The maximum atomic E-state index is 12.6. The summed E-state index contributed by atoms with van der Waals surface area (Å²) in [5.41, 5.74) is 0.528. The van der Waals surface area contributed by atoms with Crippen molar-refractivity contribution in [3.63, 3.8) is 0 Å². The number of alkyl halides is 4. The molecule has 1 aromatic rings. The van der Waals surface area contributed by atoms with E-state index < -0.39 is 19.0 Å². The maximum Gasteiger partial charge on any atom is 0.340 e. The molecule has 0 amide bonds. The minimum absolute atomic E-state index is 0.120. The summed E-state index contributed by atoms with van der Waals surface area (Å²) >= 11 is 0. The fraction of sp³-hybridized carbons (Fsp3) is 0.500. The lowest BCUT2D eigenvalue weighted by Gasteiger charge is -2.17. The van der Waals surface area contributed by atoms with Crippen LogP contribution in [0.4, 0.5) is 17.6 Å². The lowest BCUT2D eigenvalue weighted by atomic mass is 10.2. The molecule has 0 aliphatic carbocycles. The van der Waals surface area contributed by atoms with E-state index in [1.54, 1.807) is 7.05 Å². The molecule has 1 heterocycles. The van der Waals surface area contributed by atoms with Crippen molar-refractivity contribution in [2.45, 2.75) is 18.9 Å². The Morgan fingerprint density at radius 1 is 1.47 bits per heavy atom. The molecule has 7 heteroatoms. The van der Waals surface area contributed by atoms with Crippen molar-refractivity contribution in [3.05, 3.63) is 24.0 Å². The van der Waals surface area contributed by atoms with Gasteiger partial charge in [0.05, 0.1) is 0 Å². The first-order chi connectivity index (χ1) is 7.97. The Labute approximate surface area is 95.8 Å². The summed E-state index contributed by atoms with van der Waals surface area (Å²) < 4.78 is 53.8. The molecule has 96 valence electrons. The van der Waals surface area contributed by atoms with Crippen molar-refractivity contribution in [1.82, 2.24) is 10.3 Å². The first-order valence-corrected chi connectivity index (χ1v) is 4.83. The lowest BCUT2D eigenvalue weighted by Crippen LogP contribution is -2.34. The second-order valence-electron chi connectivity index (χ2n) is 3.36. The van der Waals surface area contributed by atoms with Crippen LogP contribution < -0.4 is 10.1 Å². The van der Waals surface area contributed by atoms with Gasteiger partial charge < -0.3 is 10.1 Å². The van der Waals surface area contributed by atoms with Crippen molar-refractivity contribution >= 4 is 0 Å². The zero-order valence-corrected chi connectivity index (χ0v) is 9.09. The molecule has 0 bridgehead atoms. The molecule has 0 radical (unpaired) electrons. The average molecular weight is 252 g/mol. The molecule has 1 aromatic heterocycles. The fourth-order valence-electron chi connectivity index (χ4n) is 1.12. The van der Waals surface area contributed by atoms with Gasteiger partial charge in [-0.2, -0.15) is 8.78 Å². The van der Waals surface area contributed by atoms with Gasteiger partial charge in [-0.3, -0.25) is 4.98 Å². The SMILES string of the molecule is CNCc1cnccc1OCC(F)(F)C(F)F. The van der Waals surface area contributed by atoms with Gasteiger partial charge in [-0.25, -0.2) is 8.78 Å². The minimum atomic E-state index is -4.15. The standard InChI is InChI=1S/C10H12F4N2O/c1-15-4-7-5-16-3-2-8(7)17-6-10(13,14)9(11)12/h2-3,5,9,15H,4,6H2,1H3. The van der Waals surface area contributed by atoms with E-state index in [4.69, 9.17) is 4.74 Å². The van der Waals surface area contributed by atoms with E-state index in [-0.39, 0.29) is 5.75 Å². The highest BCUT2D eigenvalue weighted by Gasteiger charge is 2.41. The molecule has 0 saturated heterocycles. The summed E-state index contributed by atoms with van der Waals surface area (Å²) in [4.78, 5) is 3.79. The van der Waals surface area contributed by atoms with Gasteiger partial charge in [0.15, 0.2) is 6.61 Å². The molecule has 0 aromatic carbocycles. The molecular formula is C10H12F4N2O. The normalized spacial score (nSPS) is 11.9. The topological polar surface area (TPSA) is 34.2 Å². The highest BCUT2D eigenvalue weighted by Crippen LogP contribution is 2.25. The number of nitrogens with one attached hydrogen (secondary N) is 1. The second kappa shape index (κ2) is 5.81. The van der Waals surface area contributed by atoms with Gasteiger partial charge in [0.2, 0.25) is 0 Å². The largest absolute Gasteiger partial charge is 0.487 e. The Morgan fingerprint density at radius 3 is 2.76 bits per heavy atom. The summed E-state index contributed by atoms with van der Waals surface area (Å²) in [6.07, 6.45) is -0.974. The third-order valence-electron chi connectivity index (χ3n) is 1.97. The maximum absolute atomic E-state index is 12.6. The van der Waals surface area contributed by atoms with Crippen molar-refractivity contribution in [3.8, 4) is 5.75 Å². The third-order valence-corrected chi connectivity index (χ3v) is 1.97. The summed E-state index contributed by atoms with van der Waals surface area (Å²) in [6.45, 7) is -1.01. The van der Waals surface area contributed by atoms with Crippen LogP contribution in [0.3, 0.4) is 0 Å². The molecule has 0 spiro atoms. The molecule has 0 fully saturated rings. The quantitative estimate of drug-likeness (QED) is 0.787. The van der Waals surface area contributed by atoms with Crippen LogP contribution in [0.25, 0.3) is 0 Å². The van der Waals surface area contributed by atoms with Crippen LogP contribution in [0.1, 0.15) is 5.56 Å². The van der Waals surface area contributed by atoms with Crippen molar-refractivity contribution < 1.29 is 22.3 Å². The van der Waals surface area contributed by atoms with Crippen LogP contribution in [0.15, 0.2) is 18.5 Å². The van der Waals surface area contributed by atoms with E-state index in [1.165, 1.54) is 18.5 Å². The molecule has 0 saturated carbocycles. The second-order valence-corrected chi connectivity index (χ2v) is 3.36. The number of halogens is 4. The van der Waals surface area contributed by atoms with E-state index >= 15 is 0 Å². The highest BCUT2D eigenvalue weighted by atomic mass is 19.3. The van der Waals surface area contributed by atoms with Gasteiger partial charge in [-0.1, -0.05) is 0 Å². The monoisotopic (exact) mass is 252 g/mol. The predicted octanol–water partition coefficient (Wildman–Crippen LogP) is 2.08. The van der Waals surface area contributed by atoms with Gasteiger partial charge in [0, 0.05) is 24.5 Å². The van der Waals surface area contributed by atoms with Gasteiger partial charge in [-0.15, -0.1) is 0 Å². The van der Waals surface area contributed by atoms with Crippen LogP contribution in [-0.2, 0) is 6.54 Å². The molecule has 0 aliphatic rings. The highest BCUT2D eigenvalue weighted by molar-refractivity contribution is 5.29. The predicted molar refractivity (Wildman–Crippen MR) is 53.4 cm³/mol. The summed E-state index contributed by atoms with van der Waals surface area (Å²) in [6, 6.07) is 1.36. The Hall–Kier alpha value is -1.37. The van der Waals surface area contributed by atoms with Gasteiger partial charge in [0.25, 0.3) is 0 Å². The van der Waals surface area contributed by atoms with Crippen LogP contribution in [-0.4, -0.2) is 31.0 Å². The first-order valence-electron chi connectivity index (χ1n) is 4.83. The number of hydrogen-bond acceptors (Lipinski definition) is 3. The van der Waals surface area contributed by atoms with E-state index in [0.29, 0.717) is 12.1 Å². The summed E-state index contributed by atoms with van der Waals surface area (Å²) in [5, 5.41) is 2.79. The zero-order chi connectivity index (χ0) is 12.9. The fourth-order valence-corrected chi connectivity index (χ4v) is 1.12. The molecule has 0 unspecified atom stereocenters. The number of pyridine rings is 1. The van der Waals surface area contributed by atoms with Crippen LogP contribution in [0.2, 0.25) is 0 Å². The van der Waals surface area contributed by atoms with Crippen LogP contribution in [0.5, 0.6) is 5.75 Å². The van der Waals surface area contributed by atoms with E-state index in [0.717, 1.165) is 0 Å². The number of nitrogens with zero attached hydrogens (tertiary/aromatic N) is 1. The van der Waals surface area contributed by atoms with E-state index in [1.807, 2.05) is 0 Å². The van der Waals surface area contributed by atoms with Crippen molar-refractivity contribution in [1.29, 1.82) is 0 Å². The van der Waals surface area contributed by atoms with Crippen LogP contribution in [0, 0.1) is 0 Å². The number of hydrogen-bond donors (Lipinski definition) is 1. The number of rotatable bonds is 6. The zero-order valence-electron chi connectivity index (χ0n) is 9.09. The van der Waals surface area contributed by atoms with Gasteiger partial charge in [0.1, 0.15) is 5.75 Å². The molecule has 0 aliphatic heterocycles. The van der Waals surface area contributed by atoms with Crippen molar-refractivity contribution in [2.75, 3.05) is 13.7 Å². The first kappa shape index (κ1) is 13.7. The van der Waals surface area contributed by atoms with Gasteiger partial charge in [-0.05, 0) is 13.1 Å². The third kappa shape index (κ3) is 3.85. The number of aromatic nitrogens is 1. The van der Waals surface area contributed by atoms with Crippen molar-refractivity contribution in [2.24, 2.45) is 0 Å². The Kier molecular flexibility index (Phi) is 4.68. The Balaban J connectivity index is 2.69. The summed E-state index contributed by atoms with van der Waals surface area (Å²) in [5.74, 6) is -4.03. The molecular weight excluding hydrogens is 240 g/mol. The molecule has 0 atom stereocenters. The summed E-state index contributed by atoms with van der Waals surface area (Å²) in [7, 11) is 1.66. The molecule has 1 N–H and O–H groups in total. The van der Waals surface area contributed by atoms with E-state index in [2.05, 4.69) is 10.3 Å². The van der Waals surface area contributed by atoms with Gasteiger partial charge >= 0.3 is 12.3 Å². The Morgan fingerprint density at radius 2 is 2.18 bits per heavy atom. The smallest absolute Gasteiger partial charge is 0.340 e. The average Bonchev–Trinajstić information content (AvgIpc) is 2.28. The van der Waals surface area contributed by atoms with E-state index in [9.17, 15) is 17.6 Å². The molecule has 17 heavy (non-hydrogen) atoms.